The third-order valence-electron chi connectivity index (χ3n) is 5.99. The fraction of sp³-hybridized carbons (Fsp3) is 1.00. The Morgan fingerprint density at radius 1 is 0.952 bits per heavy atom. The van der Waals surface area contributed by atoms with Gasteiger partial charge in [-0.15, -0.1) is 0 Å². The molecular weight excluding hydrogens is 258 g/mol. The van der Waals surface area contributed by atoms with Crippen LogP contribution < -0.4 is 5.32 Å². The molecule has 1 aliphatic carbocycles. The Morgan fingerprint density at radius 2 is 1.67 bits per heavy atom. The van der Waals surface area contributed by atoms with E-state index in [1.807, 2.05) is 0 Å². The summed E-state index contributed by atoms with van der Waals surface area (Å²) in [5.41, 5.74) is 0.266. The molecule has 0 aromatic carbocycles. The minimum absolute atomic E-state index is 0.0628. The highest BCUT2D eigenvalue weighted by molar-refractivity contribution is 5.04. The Kier molecular flexibility index (Phi) is 7.01. The van der Waals surface area contributed by atoms with Crippen LogP contribution in [0.1, 0.15) is 97.3 Å². The molecule has 4 atom stereocenters. The number of aliphatic hydroxyl groups excluding tert-OH is 1. The number of hydrogen-bond donors (Lipinski definition) is 2. The normalized spacial score (nSPS) is 37.0. The first kappa shape index (κ1) is 17.3. The van der Waals surface area contributed by atoms with E-state index in [1.165, 1.54) is 77.0 Å². The molecule has 2 N–H and O–H groups in total. The first-order valence-electron chi connectivity index (χ1n) is 9.67. The van der Waals surface area contributed by atoms with Crippen LogP contribution in [-0.4, -0.2) is 22.8 Å². The van der Waals surface area contributed by atoms with Gasteiger partial charge in [-0.3, -0.25) is 0 Å². The van der Waals surface area contributed by atoms with Gasteiger partial charge in [0, 0.05) is 17.5 Å². The van der Waals surface area contributed by atoms with E-state index in [2.05, 4.69) is 19.2 Å². The molecule has 0 aromatic rings. The summed E-state index contributed by atoms with van der Waals surface area (Å²) >= 11 is 0. The Bertz CT molecular complexity index is 289. The van der Waals surface area contributed by atoms with Gasteiger partial charge in [-0.05, 0) is 44.9 Å². The van der Waals surface area contributed by atoms with Crippen LogP contribution in [0.5, 0.6) is 0 Å². The van der Waals surface area contributed by atoms with Gasteiger partial charge in [0.2, 0.25) is 0 Å². The van der Waals surface area contributed by atoms with Crippen LogP contribution in [0.15, 0.2) is 0 Å². The van der Waals surface area contributed by atoms with Gasteiger partial charge in [-0.25, -0.2) is 0 Å². The Labute approximate surface area is 132 Å². The van der Waals surface area contributed by atoms with Crippen LogP contribution >= 0.6 is 0 Å². The topological polar surface area (TPSA) is 32.3 Å². The summed E-state index contributed by atoms with van der Waals surface area (Å²) < 4.78 is 0. The maximum atomic E-state index is 10.6. The van der Waals surface area contributed by atoms with Gasteiger partial charge in [0.25, 0.3) is 0 Å². The molecule has 0 radical (unpaired) electrons. The van der Waals surface area contributed by atoms with Crippen LogP contribution in [0, 0.1) is 5.92 Å². The fourth-order valence-corrected chi connectivity index (χ4v) is 4.84. The number of rotatable bonds is 7. The Morgan fingerprint density at radius 3 is 2.38 bits per heavy atom. The largest absolute Gasteiger partial charge is 0.393 e. The van der Waals surface area contributed by atoms with Gasteiger partial charge in [-0.1, -0.05) is 52.4 Å². The summed E-state index contributed by atoms with van der Waals surface area (Å²) in [5.74, 6) is 0.500. The second-order valence-electron chi connectivity index (χ2n) is 7.59. The van der Waals surface area contributed by atoms with Crippen molar-refractivity contribution in [1.29, 1.82) is 0 Å². The molecule has 2 fully saturated rings. The SMILES string of the molecule is CCCCC[C@H]1CCC[C@@]2(CCC[C@@H](O)[C@@H]2CCCC)N1. The Hall–Kier alpha value is -0.0800. The standard InChI is InChI=1S/C19H37NO/c1-3-5-7-10-16-11-8-14-19(20-16)15-9-13-18(21)17(19)12-6-4-2/h16-18,20-21H,3-15H2,1-2H3/t16-,17-,18+,19-/m0/s1. The zero-order chi connectivity index (χ0) is 15.1. The van der Waals surface area contributed by atoms with E-state index in [9.17, 15) is 5.11 Å². The molecule has 0 bridgehead atoms. The molecule has 0 unspecified atom stereocenters. The molecule has 2 heteroatoms. The fourth-order valence-electron chi connectivity index (χ4n) is 4.84. The van der Waals surface area contributed by atoms with Crippen molar-refractivity contribution in [1.82, 2.24) is 5.32 Å². The summed E-state index contributed by atoms with van der Waals surface area (Å²) in [5, 5.41) is 14.6. The monoisotopic (exact) mass is 295 g/mol. The van der Waals surface area contributed by atoms with Crippen molar-refractivity contribution in [3.8, 4) is 0 Å². The highest BCUT2D eigenvalue weighted by atomic mass is 16.3. The molecule has 1 aliphatic heterocycles. The molecule has 2 rings (SSSR count). The van der Waals surface area contributed by atoms with Crippen LogP contribution in [0.4, 0.5) is 0 Å². The number of piperidine rings is 1. The number of aliphatic hydroxyl groups is 1. The lowest BCUT2D eigenvalue weighted by atomic mass is 9.64. The van der Waals surface area contributed by atoms with E-state index >= 15 is 0 Å². The Balaban J connectivity index is 1.98. The first-order chi connectivity index (χ1) is 10.2. The predicted octanol–water partition coefficient (Wildman–Crippen LogP) is 4.80. The average molecular weight is 296 g/mol. The lowest BCUT2D eigenvalue weighted by molar-refractivity contribution is -0.0257. The van der Waals surface area contributed by atoms with Gasteiger partial charge >= 0.3 is 0 Å². The average Bonchev–Trinajstić information content (AvgIpc) is 2.47. The van der Waals surface area contributed by atoms with Crippen molar-refractivity contribution in [3.05, 3.63) is 0 Å². The molecule has 21 heavy (non-hydrogen) atoms. The van der Waals surface area contributed by atoms with E-state index in [0.29, 0.717) is 12.0 Å². The predicted molar refractivity (Wildman–Crippen MR) is 90.5 cm³/mol. The van der Waals surface area contributed by atoms with E-state index in [4.69, 9.17) is 0 Å². The van der Waals surface area contributed by atoms with E-state index in [1.54, 1.807) is 0 Å². The van der Waals surface area contributed by atoms with E-state index < -0.39 is 0 Å². The van der Waals surface area contributed by atoms with Crippen LogP contribution in [-0.2, 0) is 0 Å². The molecule has 2 nitrogen and oxygen atoms in total. The van der Waals surface area contributed by atoms with Crippen molar-refractivity contribution < 1.29 is 5.11 Å². The highest BCUT2D eigenvalue weighted by Gasteiger charge is 2.46. The van der Waals surface area contributed by atoms with Crippen LogP contribution in [0.25, 0.3) is 0 Å². The maximum Gasteiger partial charge on any atom is 0.0586 e. The molecule has 124 valence electrons. The minimum Gasteiger partial charge on any atom is -0.393 e. The van der Waals surface area contributed by atoms with Crippen molar-refractivity contribution >= 4 is 0 Å². The highest BCUT2D eigenvalue weighted by Crippen LogP contribution is 2.43. The first-order valence-corrected chi connectivity index (χ1v) is 9.67. The third kappa shape index (κ3) is 4.45. The molecule has 1 saturated heterocycles. The van der Waals surface area contributed by atoms with Crippen LogP contribution in [0.2, 0.25) is 0 Å². The lowest BCUT2D eigenvalue weighted by Crippen LogP contribution is -2.62. The second-order valence-corrected chi connectivity index (χ2v) is 7.59. The third-order valence-corrected chi connectivity index (χ3v) is 5.99. The zero-order valence-corrected chi connectivity index (χ0v) is 14.4. The number of nitrogens with one attached hydrogen (secondary N) is 1. The number of hydrogen-bond acceptors (Lipinski definition) is 2. The summed E-state index contributed by atoms with van der Waals surface area (Å²) in [6.45, 7) is 4.55. The van der Waals surface area contributed by atoms with Gasteiger partial charge in [0.15, 0.2) is 0 Å². The van der Waals surface area contributed by atoms with Crippen molar-refractivity contribution in [3.63, 3.8) is 0 Å². The summed E-state index contributed by atoms with van der Waals surface area (Å²) in [6.07, 6.45) is 16.6. The molecule has 2 aliphatic rings. The molecule has 1 heterocycles. The van der Waals surface area contributed by atoms with Crippen molar-refractivity contribution in [2.45, 2.75) is 115 Å². The number of unbranched alkanes of at least 4 members (excludes halogenated alkanes) is 3. The van der Waals surface area contributed by atoms with Crippen molar-refractivity contribution in [2.75, 3.05) is 0 Å². The van der Waals surface area contributed by atoms with Gasteiger partial charge in [0.05, 0.1) is 6.10 Å². The molecular formula is C19H37NO. The van der Waals surface area contributed by atoms with Crippen molar-refractivity contribution in [2.24, 2.45) is 5.92 Å². The molecule has 0 amide bonds. The second kappa shape index (κ2) is 8.53. The summed E-state index contributed by atoms with van der Waals surface area (Å²) in [4.78, 5) is 0. The maximum absolute atomic E-state index is 10.6. The van der Waals surface area contributed by atoms with Gasteiger partial charge in [0.1, 0.15) is 0 Å². The smallest absolute Gasteiger partial charge is 0.0586 e. The minimum atomic E-state index is -0.0628. The summed E-state index contributed by atoms with van der Waals surface area (Å²) in [7, 11) is 0. The molecule has 1 saturated carbocycles. The quantitative estimate of drug-likeness (QED) is 0.661. The van der Waals surface area contributed by atoms with Crippen LogP contribution in [0.3, 0.4) is 0 Å². The molecule has 0 aromatic heterocycles. The van der Waals surface area contributed by atoms with E-state index in [0.717, 1.165) is 6.42 Å². The summed E-state index contributed by atoms with van der Waals surface area (Å²) in [6, 6.07) is 0.708. The lowest BCUT2D eigenvalue weighted by Gasteiger charge is -2.52. The zero-order valence-electron chi connectivity index (χ0n) is 14.4. The molecule has 1 spiro atoms. The van der Waals surface area contributed by atoms with Gasteiger partial charge in [-0.2, -0.15) is 0 Å². The van der Waals surface area contributed by atoms with E-state index in [-0.39, 0.29) is 11.6 Å². The van der Waals surface area contributed by atoms with Gasteiger partial charge < -0.3 is 10.4 Å².